The minimum Gasteiger partial charge on any atom is -0.314 e. The second-order valence-corrected chi connectivity index (χ2v) is 7.21. The molecule has 0 aromatic heterocycles. The number of hydrogen-bond acceptors (Lipinski definition) is 1. The van der Waals surface area contributed by atoms with Crippen LogP contribution in [0.5, 0.6) is 0 Å². The average molecular weight is 285 g/mol. The lowest BCUT2D eigenvalue weighted by Gasteiger charge is -2.33. The standard InChI is InChI=1S/C20H31N/c1-2-13-21-19(12-11-16-7-3-4-8-16)15-18-14-17-9-5-6-10-20(17)18/h5-6,9-10,16,18-19,21H,2-4,7-8,11-15H2,1H3. The zero-order valence-electron chi connectivity index (χ0n) is 13.6. The first-order chi connectivity index (χ1) is 10.4. The Morgan fingerprint density at radius 2 is 2.00 bits per heavy atom. The summed E-state index contributed by atoms with van der Waals surface area (Å²) in [5, 5.41) is 3.82. The molecule has 0 aliphatic heterocycles. The van der Waals surface area contributed by atoms with Crippen LogP contribution in [-0.4, -0.2) is 12.6 Å². The lowest BCUT2D eigenvalue weighted by Crippen LogP contribution is -2.34. The van der Waals surface area contributed by atoms with Gasteiger partial charge in [0.2, 0.25) is 0 Å². The van der Waals surface area contributed by atoms with Crippen LogP contribution in [0.15, 0.2) is 24.3 Å². The van der Waals surface area contributed by atoms with Crippen LogP contribution in [0, 0.1) is 5.92 Å². The molecule has 2 aliphatic carbocycles. The molecule has 0 radical (unpaired) electrons. The van der Waals surface area contributed by atoms with Crippen LogP contribution in [0.25, 0.3) is 0 Å². The summed E-state index contributed by atoms with van der Waals surface area (Å²) in [6.45, 7) is 3.46. The molecule has 1 aromatic carbocycles. The molecule has 1 aromatic rings. The lowest BCUT2D eigenvalue weighted by atomic mass is 9.74. The summed E-state index contributed by atoms with van der Waals surface area (Å²) in [4.78, 5) is 0. The molecule has 0 spiro atoms. The van der Waals surface area contributed by atoms with Gasteiger partial charge in [-0.15, -0.1) is 0 Å². The van der Waals surface area contributed by atoms with E-state index in [2.05, 4.69) is 36.5 Å². The quantitative estimate of drug-likeness (QED) is 0.704. The molecule has 3 rings (SSSR count). The highest BCUT2D eigenvalue weighted by Crippen LogP contribution is 2.39. The normalized spacial score (nSPS) is 22.8. The summed E-state index contributed by atoms with van der Waals surface area (Å²) in [6, 6.07) is 9.78. The van der Waals surface area contributed by atoms with Gasteiger partial charge in [-0.1, -0.05) is 56.9 Å². The van der Waals surface area contributed by atoms with E-state index in [9.17, 15) is 0 Å². The highest BCUT2D eigenvalue weighted by atomic mass is 14.9. The molecule has 1 N–H and O–H groups in total. The fraction of sp³-hybridized carbons (Fsp3) is 0.700. The van der Waals surface area contributed by atoms with Gasteiger partial charge in [-0.05, 0) is 61.6 Å². The molecule has 2 atom stereocenters. The van der Waals surface area contributed by atoms with Crippen LogP contribution >= 0.6 is 0 Å². The fourth-order valence-electron chi connectivity index (χ4n) is 4.30. The third kappa shape index (κ3) is 3.88. The molecule has 2 unspecified atom stereocenters. The molecular weight excluding hydrogens is 254 g/mol. The Hall–Kier alpha value is -0.820. The van der Waals surface area contributed by atoms with Gasteiger partial charge in [0.1, 0.15) is 0 Å². The Labute approximate surface area is 130 Å². The van der Waals surface area contributed by atoms with Gasteiger partial charge in [-0.25, -0.2) is 0 Å². The van der Waals surface area contributed by atoms with Crippen LogP contribution < -0.4 is 5.32 Å². The SMILES string of the molecule is CCCNC(CCC1CCCC1)CC1Cc2ccccc21. The van der Waals surface area contributed by atoms with Crippen molar-refractivity contribution in [3.05, 3.63) is 35.4 Å². The van der Waals surface area contributed by atoms with Crippen LogP contribution in [0.3, 0.4) is 0 Å². The molecule has 2 aliphatic rings. The van der Waals surface area contributed by atoms with E-state index in [0.717, 1.165) is 17.9 Å². The summed E-state index contributed by atoms with van der Waals surface area (Å²) in [5.74, 6) is 1.85. The van der Waals surface area contributed by atoms with Crippen molar-refractivity contribution in [3.8, 4) is 0 Å². The number of rotatable bonds is 8. The smallest absolute Gasteiger partial charge is 0.00731 e. The summed E-state index contributed by atoms with van der Waals surface area (Å²) < 4.78 is 0. The number of hydrogen-bond donors (Lipinski definition) is 1. The van der Waals surface area contributed by atoms with Crippen molar-refractivity contribution in [2.75, 3.05) is 6.54 Å². The van der Waals surface area contributed by atoms with Crippen LogP contribution in [0.2, 0.25) is 0 Å². The van der Waals surface area contributed by atoms with Crippen molar-refractivity contribution in [1.82, 2.24) is 5.32 Å². The van der Waals surface area contributed by atoms with Gasteiger partial charge in [-0.3, -0.25) is 0 Å². The van der Waals surface area contributed by atoms with E-state index >= 15 is 0 Å². The monoisotopic (exact) mass is 285 g/mol. The molecule has 1 heteroatoms. The van der Waals surface area contributed by atoms with Gasteiger partial charge in [-0.2, -0.15) is 0 Å². The molecule has 0 amide bonds. The van der Waals surface area contributed by atoms with Crippen LogP contribution in [-0.2, 0) is 6.42 Å². The number of benzene rings is 1. The van der Waals surface area contributed by atoms with Crippen molar-refractivity contribution in [3.63, 3.8) is 0 Å². The summed E-state index contributed by atoms with van der Waals surface area (Å²) in [7, 11) is 0. The first-order valence-electron chi connectivity index (χ1n) is 9.18. The zero-order valence-corrected chi connectivity index (χ0v) is 13.6. The molecule has 0 saturated heterocycles. The van der Waals surface area contributed by atoms with E-state index in [0.29, 0.717) is 0 Å². The number of nitrogens with one attached hydrogen (secondary N) is 1. The van der Waals surface area contributed by atoms with Crippen LogP contribution in [0.1, 0.15) is 75.3 Å². The van der Waals surface area contributed by atoms with E-state index < -0.39 is 0 Å². The van der Waals surface area contributed by atoms with E-state index in [-0.39, 0.29) is 0 Å². The van der Waals surface area contributed by atoms with Crippen molar-refractivity contribution in [2.45, 2.75) is 76.7 Å². The molecule has 21 heavy (non-hydrogen) atoms. The molecule has 1 nitrogen and oxygen atoms in total. The van der Waals surface area contributed by atoms with Gasteiger partial charge in [0, 0.05) is 6.04 Å². The highest BCUT2D eigenvalue weighted by Gasteiger charge is 2.28. The highest BCUT2D eigenvalue weighted by molar-refractivity contribution is 5.39. The first-order valence-corrected chi connectivity index (χ1v) is 9.18. The van der Waals surface area contributed by atoms with Crippen molar-refractivity contribution in [1.29, 1.82) is 0 Å². The lowest BCUT2D eigenvalue weighted by molar-refractivity contribution is 0.359. The van der Waals surface area contributed by atoms with Gasteiger partial charge in [0.25, 0.3) is 0 Å². The Morgan fingerprint density at radius 1 is 1.19 bits per heavy atom. The second kappa shape index (κ2) is 7.45. The van der Waals surface area contributed by atoms with Crippen molar-refractivity contribution >= 4 is 0 Å². The third-order valence-electron chi connectivity index (χ3n) is 5.61. The van der Waals surface area contributed by atoms with Gasteiger partial charge in [0.15, 0.2) is 0 Å². The molecular formula is C20H31N. The van der Waals surface area contributed by atoms with Gasteiger partial charge in [0.05, 0.1) is 0 Å². The summed E-state index contributed by atoms with van der Waals surface area (Å²) in [6.07, 6.45) is 12.7. The van der Waals surface area contributed by atoms with Gasteiger partial charge < -0.3 is 5.32 Å². The van der Waals surface area contributed by atoms with Crippen LogP contribution in [0.4, 0.5) is 0 Å². The Balaban J connectivity index is 1.50. The predicted octanol–water partition coefficient (Wildman–Crippen LogP) is 5.06. The maximum Gasteiger partial charge on any atom is 0.00731 e. The maximum absolute atomic E-state index is 3.82. The van der Waals surface area contributed by atoms with E-state index in [1.54, 1.807) is 11.1 Å². The molecule has 1 saturated carbocycles. The van der Waals surface area contributed by atoms with E-state index in [1.165, 1.54) is 64.3 Å². The maximum atomic E-state index is 3.82. The minimum atomic E-state index is 0.740. The predicted molar refractivity (Wildman–Crippen MR) is 90.8 cm³/mol. The minimum absolute atomic E-state index is 0.740. The Bertz CT molecular complexity index is 433. The topological polar surface area (TPSA) is 12.0 Å². The van der Waals surface area contributed by atoms with Gasteiger partial charge >= 0.3 is 0 Å². The largest absolute Gasteiger partial charge is 0.314 e. The number of fused-ring (bicyclic) bond motifs is 1. The fourth-order valence-corrected chi connectivity index (χ4v) is 4.30. The first kappa shape index (κ1) is 15.1. The van der Waals surface area contributed by atoms with E-state index in [4.69, 9.17) is 0 Å². The van der Waals surface area contributed by atoms with Crippen molar-refractivity contribution in [2.24, 2.45) is 5.92 Å². The Morgan fingerprint density at radius 3 is 2.76 bits per heavy atom. The summed E-state index contributed by atoms with van der Waals surface area (Å²) >= 11 is 0. The average Bonchev–Trinajstić information content (AvgIpc) is 3.00. The molecule has 116 valence electrons. The van der Waals surface area contributed by atoms with E-state index in [1.807, 2.05) is 0 Å². The second-order valence-electron chi connectivity index (χ2n) is 7.21. The zero-order chi connectivity index (χ0) is 14.5. The van der Waals surface area contributed by atoms with Crippen molar-refractivity contribution < 1.29 is 0 Å². The molecule has 0 heterocycles. The summed E-state index contributed by atoms with van der Waals surface area (Å²) in [5.41, 5.74) is 3.22. The Kier molecular flexibility index (Phi) is 5.35. The molecule has 0 bridgehead atoms. The third-order valence-corrected chi connectivity index (χ3v) is 5.61. The molecule has 1 fully saturated rings.